The van der Waals surface area contributed by atoms with Crippen LogP contribution in [0.4, 0.5) is 0 Å². The molecule has 2 rings (SSSR count). The van der Waals surface area contributed by atoms with Crippen molar-refractivity contribution in [2.24, 2.45) is 5.92 Å². The van der Waals surface area contributed by atoms with E-state index in [1.54, 1.807) is 4.24 Å². The Morgan fingerprint density at radius 3 is 2.92 bits per heavy atom. The van der Waals surface area contributed by atoms with Crippen molar-refractivity contribution in [3.8, 4) is 0 Å². The van der Waals surface area contributed by atoms with Crippen molar-refractivity contribution in [1.82, 2.24) is 0 Å². The van der Waals surface area contributed by atoms with Crippen molar-refractivity contribution in [3.63, 3.8) is 0 Å². The van der Waals surface area contributed by atoms with E-state index in [9.17, 15) is 0 Å². The molecule has 0 aromatic rings. The summed E-state index contributed by atoms with van der Waals surface area (Å²) in [6.45, 7) is 2.94. The minimum atomic E-state index is 0.542. The molecule has 1 aliphatic carbocycles. The fourth-order valence-electron chi connectivity index (χ4n) is 1.49. The highest BCUT2D eigenvalue weighted by Crippen LogP contribution is 2.42. The highest BCUT2D eigenvalue weighted by Gasteiger charge is 2.36. The van der Waals surface area contributed by atoms with Crippen LogP contribution in [0.1, 0.15) is 19.8 Å². The summed E-state index contributed by atoms with van der Waals surface area (Å²) < 4.78 is 7.08. The molecular formula is C10H16OS2. The van der Waals surface area contributed by atoms with Gasteiger partial charge in [-0.3, -0.25) is 0 Å². The van der Waals surface area contributed by atoms with Crippen LogP contribution in [0.3, 0.4) is 0 Å². The summed E-state index contributed by atoms with van der Waals surface area (Å²) in [5, 5.41) is 0. The lowest BCUT2D eigenvalue weighted by molar-refractivity contribution is 0.126. The Kier molecular flexibility index (Phi) is 3.64. The van der Waals surface area contributed by atoms with Crippen LogP contribution in [0.2, 0.25) is 0 Å². The van der Waals surface area contributed by atoms with Crippen LogP contribution in [-0.2, 0) is 4.74 Å². The highest BCUT2D eigenvalue weighted by atomic mass is 32.2. The lowest BCUT2D eigenvalue weighted by Gasteiger charge is -2.12. The first kappa shape index (κ1) is 9.94. The zero-order valence-corrected chi connectivity index (χ0v) is 9.63. The number of hydrogen-bond acceptors (Lipinski definition) is 3. The molecule has 2 fully saturated rings. The van der Waals surface area contributed by atoms with Gasteiger partial charge in [0.2, 0.25) is 0 Å². The average Bonchev–Trinajstić information content (AvgIpc) is 2.86. The van der Waals surface area contributed by atoms with Crippen molar-refractivity contribution < 1.29 is 4.74 Å². The quantitative estimate of drug-likeness (QED) is 0.717. The van der Waals surface area contributed by atoms with Gasteiger partial charge in [0, 0.05) is 16.8 Å². The molecule has 1 nitrogen and oxygen atoms in total. The molecular weight excluding hydrogens is 200 g/mol. The van der Waals surface area contributed by atoms with E-state index in [-0.39, 0.29) is 0 Å². The summed E-state index contributed by atoms with van der Waals surface area (Å²) in [6.07, 6.45) is 5.58. The Morgan fingerprint density at radius 2 is 2.23 bits per heavy atom. The summed E-state index contributed by atoms with van der Waals surface area (Å²) in [6, 6.07) is 0. The maximum absolute atomic E-state index is 5.54. The van der Waals surface area contributed by atoms with Gasteiger partial charge < -0.3 is 4.74 Å². The van der Waals surface area contributed by atoms with Crippen molar-refractivity contribution in [3.05, 3.63) is 10.3 Å². The van der Waals surface area contributed by atoms with E-state index >= 15 is 0 Å². The Hall–Kier alpha value is 0.400. The lowest BCUT2D eigenvalue weighted by atomic mass is 10.4. The molecule has 3 heteroatoms. The molecule has 0 amide bonds. The van der Waals surface area contributed by atoms with E-state index in [2.05, 4.69) is 13.0 Å². The predicted octanol–water partition coefficient (Wildman–Crippen LogP) is 3.12. The molecule has 0 unspecified atom stereocenters. The zero-order chi connectivity index (χ0) is 9.10. The highest BCUT2D eigenvalue weighted by molar-refractivity contribution is 8.22. The third-order valence-electron chi connectivity index (χ3n) is 2.29. The Balaban J connectivity index is 1.77. The molecule has 2 aliphatic rings. The topological polar surface area (TPSA) is 9.23 Å². The Labute approximate surface area is 88.7 Å². The summed E-state index contributed by atoms with van der Waals surface area (Å²) in [4.78, 5) is 0. The number of ether oxygens (including phenoxy) is 1. The van der Waals surface area contributed by atoms with Crippen molar-refractivity contribution in [2.45, 2.75) is 25.9 Å². The minimum absolute atomic E-state index is 0.542. The van der Waals surface area contributed by atoms with Gasteiger partial charge in [0.25, 0.3) is 0 Å². The Morgan fingerprint density at radius 1 is 1.46 bits per heavy atom. The van der Waals surface area contributed by atoms with Gasteiger partial charge in [-0.05, 0) is 31.3 Å². The first-order valence-corrected chi connectivity index (χ1v) is 6.96. The molecule has 74 valence electrons. The second kappa shape index (κ2) is 4.76. The second-order valence-electron chi connectivity index (χ2n) is 3.43. The summed E-state index contributed by atoms with van der Waals surface area (Å²) in [5.41, 5.74) is 0. The van der Waals surface area contributed by atoms with E-state index in [1.807, 2.05) is 23.5 Å². The van der Waals surface area contributed by atoms with E-state index in [0.29, 0.717) is 6.10 Å². The van der Waals surface area contributed by atoms with Crippen molar-refractivity contribution in [1.29, 1.82) is 0 Å². The molecule has 0 bridgehead atoms. The molecule has 13 heavy (non-hydrogen) atoms. The normalized spacial score (nSPS) is 33.2. The lowest BCUT2D eigenvalue weighted by Crippen LogP contribution is -1.96. The van der Waals surface area contributed by atoms with E-state index in [0.717, 1.165) is 12.5 Å². The summed E-state index contributed by atoms with van der Waals surface area (Å²) in [7, 11) is 0. The number of thioether (sulfide) groups is 2. The molecule has 0 spiro atoms. The van der Waals surface area contributed by atoms with Gasteiger partial charge in [-0.15, -0.1) is 23.5 Å². The number of rotatable bonds is 3. The van der Waals surface area contributed by atoms with Gasteiger partial charge in [-0.1, -0.05) is 6.08 Å². The maximum atomic E-state index is 5.54. The molecule has 0 aromatic heterocycles. The van der Waals surface area contributed by atoms with Gasteiger partial charge in [-0.2, -0.15) is 0 Å². The van der Waals surface area contributed by atoms with Crippen molar-refractivity contribution >= 4 is 23.5 Å². The van der Waals surface area contributed by atoms with E-state index in [1.165, 1.54) is 24.3 Å². The molecule has 0 N–H and O–H groups in total. The molecule has 1 saturated carbocycles. The average molecular weight is 216 g/mol. The van der Waals surface area contributed by atoms with Crippen molar-refractivity contribution in [2.75, 3.05) is 18.1 Å². The first-order valence-electron chi connectivity index (χ1n) is 4.99. The SMILES string of the molecule is CCO[C@H]1C[C@H]1C=C1SCCCS1. The molecule has 1 aliphatic heterocycles. The molecule has 0 radical (unpaired) electrons. The predicted molar refractivity (Wildman–Crippen MR) is 61.1 cm³/mol. The molecule has 0 aromatic carbocycles. The van der Waals surface area contributed by atoms with Crippen LogP contribution in [0.5, 0.6) is 0 Å². The van der Waals surface area contributed by atoms with Crippen LogP contribution in [0.15, 0.2) is 10.3 Å². The third kappa shape index (κ3) is 2.93. The molecule has 2 atom stereocenters. The monoisotopic (exact) mass is 216 g/mol. The van der Waals surface area contributed by atoms with E-state index in [4.69, 9.17) is 4.74 Å². The fourth-order valence-corrected chi connectivity index (χ4v) is 4.03. The van der Waals surface area contributed by atoms with Crippen LogP contribution in [0.25, 0.3) is 0 Å². The maximum Gasteiger partial charge on any atom is 0.0645 e. The first-order chi connectivity index (χ1) is 6.40. The third-order valence-corrected chi connectivity index (χ3v) is 4.82. The minimum Gasteiger partial charge on any atom is -0.378 e. The van der Waals surface area contributed by atoms with Gasteiger partial charge in [0.1, 0.15) is 0 Å². The summed E-state index contributed by atoms with van der Waals surface area (Å²) in [5.74, 6) is 3.35. The summed E-state index contributed by atoms with van der Waals surface area (Å²) >= 11 is 4.04. The van der Waals surface area contributed by atoms with Crippen LogP contribution < -0.4 is 0 Å². The van der Waals surface area contributed by atoms with E-state index < -0.39 is 0 Å². The molecule has 1 heterocycles. The standard InChI is InChI=1S/C10H16OS2/c1-2-11-9-6-8(9)7-10-12-4-3-5-13-10/h7-9H,2-6H2,1H3/t8-,9-/m0/s1. The smallest absolute Gasteiger partial charge is 0.0645 e. The zero-order valence-electron chi connectivity index (χ0n) is 7.99. The van der Waals surface area contributed by atoms with Gasteiger partial charge >= 0.3 is 0 Å². The second-order valence-corrected chi connectivity index (χ2v) is 5.96. The largest absolute Gasteiger partial charge is 0.378 e. The molecule has 1 saturated heterocycles. The van der Waals surface area contributed by atoms with Gasteiger partial charge in [0.15, 0.2) is 0 Å². The van der Waals surface area contributed by atoms with Gasteiger partial charge in [-0.25, -0.2) is 0 Å². The Bertz CT molecular complexity index is 195. The number of hydrogen-bond donors (Lipinski definition) is 0. The van der Waals surface area contributed by atoms with Crippen LogP contribution in [0, 0.1) is 5.92 Å². The van der Waals surface area contributed by atoms with Gasteiger partial charge in [0.05, 0.1) is 6.10 Å². The fraction of sp³-hybridized carbons (Fsp3) is 0.800. The van der Waals surface area contributed by atoms with Crippen LogP contribution in [-0.4, -0.2) is 24.2 Å². The van der Waals surface area contributed by atoms with Crippen LogP contribution >= 0.6 is 23.5 Å².